The molecule has 0 aromatic carbocycles. The smallest absolute Gasteiger partial charge is 0.240 e. The fourth-order valence-corrected chi connectivity index (χ4v) is 1.18. The Bertz CT molecular complexity index is 303. The van der Waals surface area contributed by atoms with Crippen LogP contribution < -0.4 is 16.8 Å². The van der Waals surface area contributed by atoms with Gasteiger partial charge in [-0.05, 0) is 33.6 Å². The molecule has 5 heteroatoms. The van der Waals surface area contributed by atoms with Gasteiger partial charge in [0.2, 0.25) is 11.8 Å². The molecule has 0 heterocycles. The number of nitrogens with two attached hydrogens (primary N) is 2. The van der Waals surface area contributed by atoms with Crippen molar-refractivity contribution in [3.8, 4) is 0 Å². The second-order valence-electron chi connectivity index (χ2n) is 5.94. The van der Waals surface area contributed by atoms with Crippen molar-refractivity contribution in [2.75, 3.05) is 0 Å². The van der Waals surface area contributed by atoms with E-state index in [9.17, 15) is 9.59 Å². The zero-order chi connectivity index (χ0) is 14.0. The van der Waals surface area contributed by atoms with Crippen LogP contribution in [0.4, 0.5) is 0 Å². The van der Waals surface area contributed by atoms with E-state index >= 15 is 0 Å². The fraction of sp³-hybridized carbons (Fsp3) is 0.833. The van der Waals surface area contributed by atoms with Gasteiger partial charge in [-0.1, -0.05) is 13.8 Å². The van der Waals surface area contributed by atoms with E-state index in [1.807, 2.05) is 13.8 Å². The van der Waals surface area contributed by atoms with Crippen molar-refractivity contribution < 1.29 is 9.59 Å². The minimum Gasteiger partial charge on any atom is -0.368 e. The van der Waals surface area contributed by atoms with Gasteiger partial charge in [0.1, 0.15) is 6.04 Å². The van der Waals surface area contributed by atoms with Crippen LogP contribution in [-0.2, 0) is 9.59 Å². The highest BCUT2D eigenvalue weighted by molar-refractivity contribution is 5.89. The summed E-state index contributed by atoms with van der Waals surface area (Å²) in [5, 5.41) is 2.67. The Morgan fingerprint density at radius 2 is 1.53 bits per heavy atom. The largest absolute Gasteiger partial charge is 0.368 e. The molecule has 0 aromatic rings. The number of carbonyl (C=O) groups excluding carboxylic acids is 2. The van der Waals surface area contributed by atoms with E-state index in [1.54, 1.807) is 27.7 Å². The predicted octanol–water partition coefficient (Wildman–Crippen LogP) is 0.376. The second kappa shape index (κ2) is 5.04. The number of hydrogen-bond donors (Lipinski definition) is 3. The van der Waals surface area contributed by atoms with Crippen molar-refractivity contribution in [2.45, 2.75) is 53.1 Å². The highest BCUT2D eigenvalue weighted by atomic mass is 16.2. The molecule has 0 spiro atoms. The molecule has 0 radical (unpaired) electrons. The maximum Gasteiger partial charge on any atom is 0.240 e. The van der Waals surface area contributed by atoms with Crippen LogP contribution in [0, 0.1) is 11.3 Å². The summed E-state index contributed by atoms with van der Waals surface area (Å²) in [6.45, 7) is 10.7. The summed E-state index contributed by atoms with van der Waals surface area (Å²) in [6, 6.07) is -0.663. The molecule has 0 aliphatic heterocycles. The van der Waals surface area contributed by atoms with Crippen LogP contribution in [-0.4, -0.2) is 23.4 Å². The van der Waals surface area contributed by atoms with E-state index in [-0.39, 0.29) is 11.8 Å². The molecule has 100 valence electrons. The standard InChI is InChI=1S/C12H25N3O2/c1-7(2)8(9(13)16)15-10(17)11(3,4)12(5,6)14/h7-8H,14H2,1-6H3,(H2,13,16)(H,15,17). The molecule has 5 N–H and O–H groups in total. The second-order valence-corrected chi connectivity index (χ2v) is 5.94. The van der Waals surface area contributed by atoms with E-state index in [0.717, 1.165) is 0 Å². The Hall–Kier alpha value is -1.10. The van der Waals surface area contributed by atoms with Crippen molar-refractivity contribution in [1.82, 2.24) is 5.32 Å². The topological polar surface area (TPSA) is 98.2 Å². The molecule has 17 heavy (non-hydrogen) atoms. The summed E-state index contributed by atoms with van der Waals surface area (Å²) in [5.74, 6) is -0.838. The summed E-state index contributed by atoms with van der Waals surface area (Å²) in [7, 11) is 0. The molecule has 0 aliphatic rings. The fourth-order valence-electron chi connectivity index (χ4n) is 1.18. The minimum atomic E-state index is -0.782. The van der Waals surface area contributed by atoms with Crippen LogP contribution in [0.5, 0.6) is 0 Å². The van der Waals surface area contributed by atoms with Crippen LogP contribution in [0.1, 0.15) is 41.5 Å². The third-order valence-corrected chi connectivity index (χ3v) is 3.44. The van der Waals surface area contributed by atoms with Gasteiger partial charge in [0, 0.05) is 5.54 Å². The first-order valence-electron chi connectivity index (χ1n) is 5.80. The zero-order valence-corrected chi connectivity index (χ0v) is 11.6. The van der Waals surface area contributed by atoms with Crippen LogP contribution in [0.15, 0.2) is 0 Å². The Morgan fingerprint density at radius 1 is 1.12 bits per heavy atom. The number of primary amides is 1. The summed E-state index contributed by atoms with van der Waals surface area (Å²) in [5.41, 5.74) is 9.75. The van der Waals surface area contributed by atoms with Gasteiger partial charge in [0.25, 0.3) is 0 Å². The maximum atomic E-state index is 12.1. The summed E-state index contributed by atoms with van der Waals surface area (Å²) in [6.07, 6.45) is 0. The zero-order valence-electron chi connectivity index (χ0n) is 11.6. The first-order valence-corrected chi connectivity index (χ1v) is 5.80. The average Bonchev–Trinajstić information content (AvgIpc) is 2.10. The third-order valence-electron chi connectivity index (χ3n) is 3.44. The van der Waals surface area contributed by atoms with E-state index < -0.39 is 22.9 Å². The quantitative estimate of drug-likeness (QED) is 0.651. The normalized spacial score (nSPS) is 14.6. The lowest BCUT2D eigenvalue weighted by molar-refractivity contribution is -0.136. The molecule has 0 aromatic heterocycles. The van der Waals surface area contributed by atoms with Crippen LogP contribution in [0.2, 0.25) is 0 Å². The summed E-state index contributed by atoms with van der Waals surface area (Å²) in [4.78, 5) is 23.4. The SMILES string of the molecule is CC(C)C(NC(=O)C(C)(C)C(C)(C)N)C(N)=O. The van der Waals surface area contributed by atoms with E-state index in [4.69, 9.17) is 11.5 Å². The van der Waals surface area contributed by atoms with Gasteiger partial charge in [-0.2, -0.15) is 0 Å². The molecular weight excluding hydrogens is 218 g/mol. The Kier molecular flexibility index (Phi) is 4.71. The number of carbonyl (C=O) groups is 2. The highest BCUT2D eigenvalue weighted by Crippen LogP contribution is 2.28. The van der Waals surface area contributed by atoms with Gasteiger partial charge in [-0.25, -0.2) is 0 Å². The molecule has 5 nitrogen and oxygen atoms in total. The van der Waals surface area contributed by atoms with E-state index in [0.29, 0.717) is 0 Å². The van der Waals surface area contributed by atoms with Crippen molar-refractivity contribution in [2.24, 2.45) is 22.8 Å². The number of amides is 2. The highest BCUT2D eigenvalue weighted by Gasteiger charge is 2.41. The van der Waals surface area contributed by atoms with Crippen molar-refractivity contribution >= 4 is 11.8 Å². The van der Waals surface area contributed by atoms with Crippen molar-refractivity contribution in [3.63, 3.8) is 0 Å². The number of nitrogens with one attached hydrogen (secondary N) is 1. The summed E-state index contributed by atoms with van der Waals surface area (Å²) < 4.78 is 0. The van der Waals surface area contributed by atoms with E-state index in [1.165, 1.54) is 0 Å². The molecule has 0 saturated heterocycles. The van der Waals surface area contributed by atoms with Crippen molar-refractivity contribution in [3.05, 3.63) is 0 Å². The van der Waals surface area contributed by atoms with Gasteiger partial charge < -0.3 is 16.8 Å². The molecule has 0 fully saturated rings. The molecule has 0 saturated carbocycles. The molecule has 1 atom stereocenters. The third kappa shape index (κ3) is 3.70. The molecule has 0 rings (SSSR count). The molecular formula is C12H25N3O2. The molecule has 0 aliphatic carbocycles. The number of hydrogen-bond acceptors (Lipinski definition) is 3. The summed E-state index contributed by atoms with van der Waals surface area (Å²) >= 11 is 0. The monoisotopic (exact) mass is 243 g/mol. The predicted molar refractivity (Wildman–Crippen MR) is 68.0 cm³/mol. The van der Waals surface area contributed by atoms with Gasteiger partial charge in [-0.15, -0.1) is 0 Å². The maximum absolute atomic E-state index is 12.1. The Balaban J connectivity index is 4.92. The lowest BCUT2D eigenvalue weighted by Crippen LogP contribution is -2.59. The lowest BCUT2D eigenvalue weighted by atomic mass is 9.74. The van der Waals surface area contributed by atoms with Gasteiger partial charge in [-0.3, -0.25) is 9.59 Å². The van der Waals surface area contributed by atoms with Crippen molar-refractivity contribution in [1.29, 1.82) is 0 Å². The first kappa shape index (κ1) is 15.9. The molecule has 1 unspecified atom stereocenters. The van der Waals surface area contributed by atoms with E-state index in [2.05, 4.69) is 5.32 Å². The average molecular weight is 243 g/mol. The van der Waals surface area contributed by atoms with Crippen LogP contribution in [0.25, 0.3) is 0 Å². The van der Waals surface area contributed by atoms with Gasteiger partial charge >= 0.3 is 0 Å². The molecule has 2 amide bonds. The minimum absolute atomic E-state index is 0.0480. The number of rotatable bonds is 5. The van der Waals surface area contributed by atoms with Crippen LogP contribution in [0.3, 0.4) is 0 Å². The van der Waals surface area contributed by atoms with Gasteiger partial charge in [0.05, 0.1) is 5.41 Å². The Labute approximate surface area is 103 Å². The molecule has 0 bridgehead atoms. The van der Waals surface area contributed by atoms with Gasteiger partial charge in [0.15, 0.2) is 0 Å². The lowest BCUT2D eigenvalue weighted by Gasteiger charge is -2.38. The first-order chi connectivity index (χ1) is 7.41. The Morgan fingerprint density at radius 3 is 1.76 bits per heavy atom. The van der Waals surface area contributed by atoms with Crippen LogP contribution >= 0.6 is 0 Å².